The Hall–Kier alpha value is -2.63. The Balaban J connectivity index is 4.36. The summed E-state index contributed by atoms with van der Waals surface area (Å²) in [6.07, 6.45) is 72.5. The van der Waals surface area contributed by atoms with Gasteiger partial charge in [-0.1, -0.05) is 249 Å². The van der Waals surface area contributed by atoms with Crippen LogP contribution in [0.2, 0.25) is 0 Å². The maximum atomic E-state index is 12.9. The van der Waals surface area contributed by atoms with E-state index in [2.05, 4.69) is 69.4 Å². The summed E-state index contributed by atoms with van der Waals surface area (Å²) in [5, 5.41) is 0. The zero-order chi connectivity index (χ0) is 50.7. The van der Waals surface area contributed by atoms with Crippen LogP contribution in [0, 0.1) is 0 Å². The molecular weight excluding hydrogens is 865 g/mol. The molecule has 0 radical (unpaired) electrons. The van der Waals surface area contributed by atoms with E-state index in [4.69, 9.17) is 14.2 Å². The lowest BCUT2D eigenvalue weighted by Crippen LogP contribution is -2.30. The highest BCUT2D eigenvalue weighted by Gasteiger charge is 2.19. The third-order valence-electron chi connectivity index (χ3n) is 13.5. The summed E-state index contributed by atoms with van der Waals surface area (Å²) in [5.41, 5.74) is 0. The van der Waals surface area contributed by atoms with Crippen molar-refractivity contribution in [2.45, 2.75) is 329 Å². The summed E-state index contributed by atoms with van der Waals surface area (Å²) < 4.78 is 16.9. The lowest BCUT2D eigenvalue weighted by Gasteiger charge is -2.18. The molecule has 0 aliphatic heterocycles. The van der Waals surface area contributed by atoms with Gasteiger partial charge < -0.3 is 14.2 Å². The van der Waals surface area contributed by atoms with Gasteiger partial charge in [0.2, 0.25) is 0 Å². The Bertz CT molecular complexity index is 1220. The van der Waals surface area contributed by atoms with Gasteiger partial charge >= 0.3 is 17.9 Å². The summed E-state index contributed by atoms with van der Waals surface area (Å²) >= 11 is 0. The number of esters is 3. The maximum absolute atomic E-state index is 12.9. The largest absolute Gasteiger partial charge is 0.462 e. The Morgan fingerprint density at radius 1 is 0.286 bits per heavy atom. The molecule has 6 nitrogen and oxygen atoms in total. The summed E-state index contributed by atoms with van der Waals surface area (Å²) in [4.78, 5) is 38.2. The smallest absolute Gasteiger partial charge is 0.306 e. The molecule has 0 saturated heterocycles. The van der Waals surface area contributed by atoms with Crippen LogP contribution in [0.1, 0.15) is 323 Å². The Morgan fingerprint density at radius 2 is 0.514 bits per heavy atom. The quantitative estimate of drug-likeness (QED) is 0.0261. The van der Waals surface area contributed by atoms with Crippen molar-refractivity contribution < 1.29 is 28.6 Å². The molecule has 0 heterocycles. The molecular formula is C64H116O6. The number of rotatable bonds is 56. The average molecular weight is 982 g/mol. The normalized spacial score (nSPS) is 12.3. The molecule has 70 heavy (non-hydrogen) atoms. The minimum Gasteiger partial charge on any atom is -0.462 e. The minimum absolute atomic E-state index is 0.0795. The first-order chi connectivity index (χ1) is 34.5. The monoisotopic (exact) mass is 981 g/mol. The van der Waals surface area contributed by atoms with Crippen LogP contribution in [0.15, 0.2) is 48.6 Å². The van der Waals surface area contributed by atoms with Crippen LogP contribution in [0.3, 0.4) is 0 Å². The second kappa shape index (κ2) is 58.9. The molecule has 0 aromatic heterocycles. The van der Waals surface area contributed by atoms with Gasteiger partial charge in [-0.25, -0.2) is 0 Å². The summed E-state index contributed by atoms with van der Waals surface area (Å²) in [7, 11) is 0. The predicted octanol–water partition coefficient (Wildman–Crippen LogP) is 20.6. The second-order valence-electron chi connectivity index (χ2n) is 20.6. The molecule has 0 fully saturated rings. The van der Waals surface area contributed by atoms with Gasteiger partial charge in [-0.05, 0) is 103 Å². The summed E-state index contributed by atoms with van der Waals surface area (Å²) in [6, 6.07) is 0. The van der Waals surface area contributed by atoms with Crippen LogP contribution in [-0.4, -0.2) is 37.2 Å². The molecule has 0 amide bonds. The number of ether oxygens (including phenoxy) is 3. The van der Waals surface area contributed by atoms with Gasteiger partial charge in [0.25, 0.3) is 0 Å². The molecule has 0 N–H and O–H groups in total. The van der Waals surface area contributed by atoms with E-state index in [1.165, 1.54) is 205 Å². The van der Waals surface area contributed by atoms with Crippen LogP contribution in [0.5, 0.6) is 0 Å². The molecule has 1 unspecified atom stereocenters. The molecule has 0 aromatic carbocycles. The van der Waals surface area contributed by atoms with E-state index in [0.29, 0.717) is 19.3 Å². The first-order valence-electron chi connectivity index (χ1n) is 30.6. The van der Waals surface area contributed by atoms with E-state index >= 15 is 0 Å². The van der Waals surface area contributed by atoms with Crippen LogP contribution in [0.25, 0.3) is 0 Å². The van der Waals surface area contributed by atoms with E-state index in [0.717, 1.165) is 77.0 Å². The van der Waals surface area contributed by atoms with Gasteiger partial charge in [0.05, 0.1) is 0 Å². The van der Waals surface area contributed by atoms with Gasteiger partial charge in [-0.2, -0.15) is 0 Å². The second-order valence-corrected chi connectivity index (χ2v) is 20.6. The lowest BCUT2D eigenvalue weighted by molar-refractivity contribution is -0.167. The Kier molecular flexibility index (Phi) is 56.7. The minimum atomic E-state index is -0.782. The van der Waals surface area contributed by atoms with Gasteiger partial charge in [0.1, 0.15) is 13.2 Å². The molecule has 408 valence electrons. The maximum Gasteiger partial charge on any atom is 0.306 e. The fourth-order valence-corrected chi connectivity index (χ4v) is 8.88. The third kappa shape index (κ3) is 56.3. The van der Waals surface area contributed by atoms with Gasteiger partial charge in [0, 0.05) is 19.3 Å². The first-order valence-corrected chi connectivity index (χ1v) is 30.6. The lowest BCUT2D eigenvalue weighted by atomic mass is 10.1. The molecule has 0 spiro atoms. The van der Waals surface area contributed by atoms with Crippen LogP contribution < -0.4 is 0 Å². The molecule has 0 bridgehead atoms. The van der Waals surface area contributed by atoms with Crippen molar-refractivity contribution in [3.63, 3.8) is 0 Å². The van der Waals surface area contributed by atoms with Crippen molar-refractivity contribution in [3.05, 3.63) is 48.6 Å². The summed E-state index contributed by atoms with van der Waals surface area (Å²) in [5.74, 6) is -0.884. The van der Waals surface area contributed by atoms with Crippen LogP contribution >= 0.6 is 0 Å². The molecule has 6 heteroatoms. The topological polar surface area (TPSA) is 78.9 Å². The van der Waals surface area contributed by atoms with Crippen LogP contribution in [0.4, 0.5) is 0 Å². The highest BCUT2D eigenvalue weighted by molar-refractivity contribution is 5.71. The van der Waals surface area contributed by atoms with Gasteiger partial charge in [-0.15, -0.1) is 0 Å². The predicted molar refractivity (Wildman–Crippen MR) is 302 cm³/mol. The van der Waals surface area contributed by atoms with Crippen molar-refractivity contribution in [1.29, 1.82) is 0 Å². The molecule has 0 aliphatic rings. The van der Waals surface area contributed by atoms with E-state index < -0.39 is 6.10 Å². The van der Waals surface area contributed by atoms with E-state index in [1.807, 2.05) is 0 Å². The number of unbranched alkanes of at least 4 members (excludes halogenated alkanes) is 37. The fourth-order valence-electron chi connectivity index (χ4n) is 8.88. The van der Waals surface area contributed by atoms with Crippen molar-refractivity contribution in [1.82, 2.24) is 0 Å². The van der Waals surface area contributed by atoms with Crippen molar-refractivity contribution in [2.24, 2.45) is 0 Å². The molecule has 0 saturated carbocycles. The highest BCUT2D eigenvalue weighted by Crippen LogP contribution is 2.16. The summed E-state index contributed by atoms with van der Waals surface area (Å²) in [6.45, 7) is 6.64. The number of hydrogen-bond acceptors (Lipinski definition) is 6. The van der Waals surface area contributed by atoms with Crippen molar-refractivity contribution in [2.75, 3.05) is 13.2 Å². The third-order valence-corrected chi connectivity index (χ3v) is 13.5. The Labute approximate surface area is 435 Å². The fraction of sp³-hybridized carbons (Fsp3) is 0.828. The van der Waals surface area contributed by atoms with E-state index in [1.54, 1.807) is 0 Å². The Morgan fingerprint density at radius 3 is 0.800 bits per heavy atom. The van der Waals surface area contributed by atoms with Crippen molar-refractivity contribution in [3.8, 4) is 0 Å². The van der Waals surface area contributed by atoms with E-state index in [9.17, 15) is 14.4 Å². The highest BCUT2D eigenvalue weighted by atomic mass is 16.6. The number of hydrogen-bond donors (Lipinski definition) is 0. The molecule has 0 rings (SSSR count). The molecule has 1 atom stereocenters. The SMILES string of the molecule is CCCCCCC/C=C\C/C=C\CCCCCCCCCCCC(=O)OCC(COC(=O)CCCCCCC/C=C\CCCCCCCC)OC(=O)CCCCCCC/C=C\CCCCCCCCC. The van der Waals surface area contributed by atoms with Crippen LogP contribution in [-0.2, 0) is 28.6 Å². The number of allylic oxidation sites excluding steroid dienone is 8. The number of carbonyl (C=O) groups excluding carboxylic acids is 3. The number of carbonyl (C=O) groups is 3. The van der Waals surface area contributed by atoms with Crippen molar-refractivity contribution >= 4 is 17.9 Å². The zero-order valence-electron chi connectivity index (χ0n) is 46.8. The van der Waals surface area contributed by atoms with E-state index in [-0.39, 0.29) is 31.1 Å². The van der Waals surface area contributed by atoms with Gasteiger partial charge in [0.15, 0.2) is 6.10 Å². The van der Waals surface area contributed by atoms with Gasteiger partial charge in [-0.3, -0.25) is 14.4 Å². The zero-order valence-corrected chi connectivity index (χ0v) is 46.8. The standard InChI is InChI=1S/C64H116O6/c1-4-7-10-13-16-19-22-25-28-30-31-32-33-34-37-39-42-45-48-51-54-57-63(66)69-60-61(59-68-62(65)56-53-50-47-44-41-38-35-27-24-21-18-15-12-9-6-3)70-64(67)58-55-52-49-46-43-40-36-29-26-23-20-17-14-11-8-5-2/h22,25,27,29-31,35-36,61H,4-21,23-24,26,28,32-34,37-60H2,1-3H3/b25-22-,31-30-,35-27-,36-29-. The molecule has 0 aliphatic carbocycles. The molecule has 0 aromatic rings. The average Bonchev–Trinajstić information content (AvgIpc) is 3.36. The first kappa shape index (κ1) is 67.4.